The Morgan fingerprint density at radius 1 is 1.11 bits per heavy atom. The first-order chi connectivity index (χ1) is 18.4. The van der Waals surface area contributed by atoms with Gasteiger partial charge in [-0.3, -0.25) is 9.78 Å². The third-order valence-corrected chi connectivity index (χ3v) is 6.74. The lowest BCUT2D eigenvalue weighted by Gasteiger charge is -2.30. The standard InChI is InChI=1S/C17H29F3N2.C10H7NO.CH5N.CH3N/c18-17(19,20)9-10-21-14-16-7-12-22(13-8-16)11-6-15-4-2-1-3-5-15;12-7-8-3-1-5-10-9(8)4-2-6-11-10;2*1-2/h14-15,21H,1-13H2;1-7H;2H2,1H3;2H,1H2. The number of rotatable bonds is 7. The lowest BCUT2D eigenvalue weighted by molar-refractivity contribution is -0.133. The molecule has 2 aliphatic rings. The second-order valence-corrected chi connectivity index (χ2v) is 9.29. The molecule has 1 aliphatic heterocycles. The summed E-state index contributed by atoms with van der Waals surface area (Å²) in [5, 5.41) is 9.22. The Labute approximate surface area is 225 Å². The van der Waals surface area contributed by atoms with E-state index in [2.05, 4.69) is 27.7 Å². The van der Waals surface area contributed by atoms with E-state index in [9.17, 15) is 18.0 Å². The van der Waals surface area contributed by atoms with Crippen LogP contribution < -0.4 is 11.1 Å². The number of nitrogens with zero attached hydrogens (tertiary/aromatic N) is 2. The van der Waals surface area contributed by atoms with E-state index in [0.717, 1.165) is 49.0 Å². The van der Waals surface area contributed by atoms with Crippen molar-refractivity contribution in [2.75, 3.05) is 33.2 Å². The van der Waals surface area contributed by atoms with E-state index in [1.54, 1.807) is 12.3 Å². The zero-order valence-electron chi connectivity index (χ0n) is 22.6. The van der Waals surface area contributed by atoms with Gasteiger partial charge in [0.05, 0.1) is 11.9 Å². The Bertz CT molecular complexity index is 930. The number of carbonyl (C=O) groups is 1. The number of aromatic nitrogens is 1. The van der Waals surface area contributed by atoms with Crippen LogP contribution in [-0.2, 0) is 0 Å². The van der Waals surface area contributed by atoms with E-state index in [4.69, 9.17) is 5.41 Å². The Morgan fingerprint density at radius 3 is 2.42 bits per heavy atom. The zero-order valence-corrected chi connectivity index (χ0v) is 22.6. The van der Waals surface area contributed by atoms with E-state index < -0.39 is 12.6 Å². The summed E-state index contributed by atoms with van der Waals surface area (Å²) in [5.41, 5.74) is 7.32. The molecular weight excluding hydrogens is 491 g/mol. The molecule has 0 radical (unpaired) electrons. The van der Waals surface area contributed by atoms with Crippen LogP contribution in [0, 0.1) is 11.3 Å². The van der Waals surface area contributed by atoms with Crippen LogP contribution in [0.15, 0.2) is 48.3 Å². The van der Waals surface area contributed by atoms with Crippen molar-refractivity contribution < 1.29 is 18.0 Å². The van der Waals surface area contributed by atoms with Gasteiger partial charge in [0.1, 0.15) is 0 Å². The highest BCUT2D eigenvalue weighted by molar-refractivity contribution is 5.96. The zero-order chi connectivity index (χ0) is 28.2. The van der Waals surface area contributed by atoms with E-state index in [-0.39, 0.29) is 6.54 Å². The molecule has 2 fully saturated rings. The Morgan fingerprint density at radius 2 is 1.79 bits per heavy atom. The molecular formula is C29H44F3N5O. The maximum atomic E-state index is 12.0. The third kappa shape index (κ3) is 13.1. The number of fused-ring (bicyclic) bond motifs is 1. The fourth-order valence-electron chi connectivity index (χ4n) is 4.71. The first kappa shape index (κ1) is 33.2. The molecule has 4 N–H and O–H groups in total. The van der Waals surface area contributed by atoms with Crippen LogP contribution in [0.2, 0.25) is 0 Å². The number of aldehydes is 1. The molecule has 212 valence electrons. The number of benzene rings is 1. The number of pyridine rings is 1. The van der Waals surface area contributed by atoms with Gasteiger partial charge < -0.3 is 21.4 Å². The minimum atomic E-state index is -4.06. The van der Waals surface area contributed by atoms with Gasteiger partial charge in [-0.1, -0.05) is 55.9 Å². The molecule has 0 bridgehead atoms. The molecule has 9 heteroatoms. The fraction of sp³-hybridized carbons (Fsp3) is 0.552. The van der Waals surface area contributed by atoms with Crippen LogP contribution in [0.25, 0.3) is 10.9 Å². The van der Waals surface area contributed by atoms with Crippen molar-refractivity contribution in [3.05, 3.63) is 53.9 Å². The number of alkyl halides is 3. The van der Waals surface area contributed by atoms with Crippen molar-refractivity contribution in [1.82, 2.24) is 15.2 Å². The molecule has 2 heterocycles. The molecule has 0 spiro atoms. The number of nitrogens with two attached hydrogens (primary N) is 1. The first-order valence-electron chi connectivity index (χ1n) is 13.4. The first-order valence-corrected chi connectivity index (χ1v) is 13.4. The summed E-state index contributed by atoms with van der Waals surface area (Å²) in [5.74, 6) is 0.926. The lowest BCUT2D eigenvalue weighted by Crippen LogP contribution is -2.33. The van der Waals surface area contributed by atoms with Crippen molar-refractivity contribution in [2.45, 2.75) is 64.0 Å². The summed E-state index contributed by atoms with van der Waals surface area (Å²) in [7, 11) is 1.50. The Kier molecular flexibility index (Phi) is 16.9. The van der Waals surface area contributed by atoms with Crippen LogP contribution in [-0.4, -0.2) is 62.3 Å². The maximum Gasteiger partial charge on any atom is 0.390 e. The third-order valence-electron chi connectivity index (χ3n) is 6.74. The van der Waals surface area contributed by atoms with Gasteiger partial charge in [0.2, 0.25) is 0 Å². The largest absolute Gasteiger partial charge is 0.391 e. The van der Waals surface area contributed by atoms with Crippen molar-refractivity contribution in [3.63, 3.8) is 0 Å². The second-order valence-electron chi connectivity index (χ2n) is 9.29. The molecule has 0 unspecified atom stereocenters. The van der Waals surface area contributed by atoms with Gasteiger partial charge in [-0.25, -0.2) is 0 Å². The monoisotopic (exact) mass is 535 g/mol. The van der Waals surface area contributed by atoms with Crippen molar-refractivity contribution in [3.8, 4) is 0 Å². The summed E-state index contributed by atoms with van der Waals surface area (Å²) in [6, 6.07) is 9.24. The molecule has 1 aromatic carbocycles. The van der Waals surface area contributed by atoms with Gasteiger partial charge in [-0.2, -0.15) is 13.2 Å². The van der Waals surface area contributed by atoms with Gasteiger partial charge in [-0.15, -0.1) is 0 Å². The van der Waals surface area contributed by atoms with Gasteiger partial charge in [0.15, 0.2) is 6.29 Å². The van der Waals surface area contributed by atoms with Gasteiger partial charge in [-0.05, 0) is 63.8 Å². The molecule has 0 atom stereocenters. The SMILES string of the molecule is C=N.CN.FC(F)(F)CCNC=C1CCN(CCC2CCCCC2)CC1.O=Cc1cccc2ncccc12. The van der Waals surface area contributed by atoms with E-state index in [1.807, 2.05) is 30.5 Å². The summed E-state index contributed by atoms with van der Waals surface area (Å²) in [6.07, 6.45) is 9.89. The second kappa shape index (κ2) is 19.3. The Hall–Kier alpha value is -2.78. The molecule has 4 rings (SSSR count). The number of likely N-dealkylation sites (tertiary alicyclic amines) is 1. The number of hydrogen-bond acceptors (Lipinski definition) is 6. The minimum Gasteiger partial charge on any atom is -0.391 e. The topological polar surface area (TPSA) is 95.1 Å². The van der Waals surface area contributed by atoms with Crippen LogP contribution in [0.3, 0.4) is 0 Å². The smallest absolute Gasteiger partial charge is 0.390 e. The van der Waals surface area contributed by atoms with Crippen LogP contribution in [0.4, 0.5) is 13.2 Å². The normalized spacial score (nSPS) is 16.1. The average molecular weight is 536 g/mol. The highest BCUT2D eigenvalue weighted by atomic mass is 19.4. The van der Waals surface area contributed by atoms with Crippen LogP contribution >= 0.6 is 0 Å². The number of nitrogens with one attached hydrogen (secondary N) is 2. The molecule has 6 nitrogen and oxygen atoms in total. The van der Waals surface area contributed by atoms with Crippen LogP contribution in [0.5, 0.6) is 0 Å². The predicted molar refractivity (Wildman–Crippen MR) is 151 cm³/mol. The molecule has 2 aromatic rings. The minimum absolute atomic E-state index is 0.0155. The number of carbonyl (C=O) groups excluding carboxylic acids is 1. The molecule has 1 aliphatic carbocycles. The fourth-order valence-corrected chi connectivity index (χ4v) is 4.71. The molecule has 1 aromatic heterocycles. The Balaban J connectivity index is 0.000000379. The van der Waals surface area contributed by atoms with Crippen LogP contribution in [0.1, 0.15) is 68.1 Å². The predicted octanol–water partition coefficient (Wildman–Crippen LogP) is 6.37. The molecule has 0 amide bonds. The number of piperidine rings is 1. The van der Waals surface area contributed by atoms with Gasteiger partial charge in [0.25, 0.3) is 0 Å². The van der Waals surface area contributed by atoms with Gasteiger partial charge >= 0.3 is 6.18 Å². The van der Waals surface area contributed by atoms with E-state index in [0.29, 0.717) is 5.56 Å². The van der Waals surface area contributed by atoms with E-state index in [1.165, 1.54) is 57.7 Å². The summed E-state index contributed by atoms with van der Waals surface area (Å²) in [6.45, 7) is 5.79. The number of halogens is 3. The number of hydrogen-bond donors (Lipinski definition) is 3. The van der Waals surface area contributed by atoms with Crippen molar-refractivity contribution >= 4 is 23.9 Å². The highest BCUT2D eigenvalue weighted by Gasteiger charge is 2.26. The lowest BCUT2D eigenvalue weighted by atomic mass is 9.87. The molecule has 1 saturated carbocycles. The quantitative estimate of drug-likeness (QED) is 0.218. The molecule has 1 saturated heterocycles. The summed E-state index contributed by atoms with van der Waals surface area (Å²) in [4.78, 5) is 17.2. The molecule has 38 heavy (non-hydrogen) atoms. The maximum absolute atomic E-state index is 12.0. The van der Waals surface area contributed by atoms with Crippen molar-refractivity contribution in [2.24, 2.45) is 11.7 Å². The van der Waals surface area contributed by atoms with Crippen molar-refractivity contribution in [1.29, 1.82) is 5.41 Å². The van der Waals surface area contributed by atoms with Gasteiger partial charge in [0, 0.05) is 36.8 Å². The highest BCUT2D eigenvalue weighted by Crippen LogP contribution is 2.27. The summed E-state index contributed by atoms with van der Waals surface area (Å²) >= 11 is 0. The van der Waals surface area contributed by atoms with E-state index >= 15 is 0 Å². The summed E-state index contributed by atoms with van der Waals surface area (Å²) < 4.78 is 36.1. The average Bonchev–Trinajstić information content (AvgIpc) is 2.97.